The summed E-state index contributed by atoms with van der Waals surface area (Å²) >= 11 is 1.14. The van der Waals surface area contributed by atoms with E-state index in [9.17, 15) is 14.4 Å². The molecule has 0 aliphatic rings. The van der Waals surface area contributed by atoms with Crippen LogP contribution in [0.4, 0.5) is 11.4 Å². The molecule has 0 unspecified atom stereocenters. The first-order valence-corrected chi connectivity index (χ1v) is 10.4. The zero-order valence-corrected chi connectivity index (χ0v) is 17.9. The van der Waals surface area contributed by atoms with Crippen molar-refractivity contribution in [1.82, 2.24) is 0 Å². The summed E-state index contributed by atoms with van der Waals surface area (Å²) in [5, 5.41) is 5.55. The summed E-state index contributed by atoms with van der Waals surface area (Å²) in [5.74, 6) is -1.01. The van der Waals surface area contributed by atoms with Gasteiger partial charge in [0.1, 0.15) is 0 Å². The second-order valence-electron chi connectivity index (χ2n) is 6.89. The van der Waals surface area contributed by atoms with Crippen LogP contribution in [0, 0.1) is 27.7 Å². The van der Waals surface area contributed by atoms with Crippen LogP contribution in [-0.4, -0.2) is 35.9 Å². The van der Waals surface area contributed by atoms with Crippen molar-refractivity contribution < 1.29 is 19.1 Å². The van der Waals surface area contributed by atoms with Crippen LogP contribution in [0.2, 0.25) is 0 Å². The third kappa shape index (κ3) is 7.62. The lowest BCUT2D eigenvalue weighted by Crippen LogP contribution is -2.23. The molecule has 0 heterocycles. The van der Waals surface area contributed by atoms with Crippen LogP contribution in [0.25, 0.3) is 0 Å². The van der Waals surface area contributed by atoms with Gasteiger partial charge in [0.25, 0.3) is 5.91 Å². The van der Waals surface area contributed by atoms with E-state index in [1.807, 2.05) is 58.0 Å². The van der Waals surface area contributed by atoms with Gasteiger partial charge < -0.3 is 15.4 Å². The van der Waals surface area contributed by atoms with E-state index in [-0.39, 0.29) is 24.0 Å². The van der Waals surface area contributed by atoms with E-state index < -0.39 is 11.9 Å². The quantitative estimate of drug-likeness (QED) is 0.642. The number of hydrogen-bond donors (Lipinski definition) is 2. The van der Waals surface area contributed by atoms with Gasteiger partial charge in [0.2, 0.25) is 5.91 Å². The van der Waals surface area contributed by atoms with E-state index >= 15 is 0 Å². The molecule has 6 nitrogen and oxygen atoms in total. The lowest BCUT2D eigenvalue weighted by Gasteiger charge is -2.13. The lowest BCUT2D eigenvalue weighted by atomic mass is 10.1. The Balaban J connectivity index is 1.69. The van der Waals surface area contributed by atoms with Crippen molar-refractivity contribution in [2.45, 2.75) is 27.7 Å². The summed E-state index contributed by atoms with van der Waals surface area (Å²) in [7, 11) is 0. The van der Waals surface area contributed by atoms with Gasteiger partial charge in [-0.1, -0.05) is 29.8 Å². The van der Waals surface area contributed by atoms with Crippen molar-refractivity contribution in [3.05, 3.63) is 58.7 Å². The van der Waals surface area contributed by atoms with Crippen LogP contribution in [0.15, 0.2) is 36.4 Å². The average Bonchev–Trinajstić information content (AvgIpc) is 2.63. The maximum absolute atomic E-state index is 12.1. The monoisotopic (exact) mass is 414 g/mol. The summed E-state index contributed by atoms with van der Waals surface area (Å²) < 4.78 is 4.99. The highest BCUT2D eigenvalue weighted by molar-refractivity contribution is 8.00. The van der Waals surface area contributed by atoms with Gasteiger partial charge in [-0.2, -0.15) is 0 Å². The molecule has 0 aromatic heterocycles. The zero-order chi connectivity index (χ0) is 21.4. The van der Waals surface area contributed by atoms with Crippen molar-refractivity contribution in [3.8, 4) is 0 Å². The van der Waals surface area contributed by atoms with Gasteiger partial charge in [-0.15, -0.1) is 11.8 Å². The number of nitrogens with one attached hydrogen (secondary N) is 2. The molecule has 0 bridgehead atoms. The normalized spacial score (nSPS) is 10.3. The summed E-state index contributed by atoms with van der Waals surface area (Å²) in [6.45, 7) is 7.41. The molecule has 2 N–H and O–H groups in total. The molecule has 0 radical (unpaired) electrons. The molecule has 2 rings (SSSR count). The topological polar surface area (TPSA) is 84.5 Å². The highest BCUT2D eigenvalue weighted by Crippen LogP contribution is 2.21. The number of hydrogen-bond acceptors (Lipinski definition) is 5. The molecular formula is C22H26N2O4S. The van der Waals surface area contributed by atoms with Crippen LogP contribution in [0.1, 0.15) is 22.3 Å². The zero-order valence-electron chi connectivity index (χ0n) is 17.1. The van der Waals surface area contributed by atoms with Crippen LogP contribution in [0.3, 0.4) is 0 Å². The highest BCUT2D eigenvalue weighted by atomic mass is 32.2. The Morgan fingerprint density at radius 2 is 1.55 bits per heavy atom. The van der Waals surface area contributed by atoms with Gasteiger partial charge in [0.05, 0.1) is 11.5 Å². The number of thioether (sulfide) groups is 1. The van der Waals surface area contributed by atoms with Crippen molar-refractivity contribution in [2.24, 2.45) is 0 Å². The first kappa shape index (κ1) is 22.5. The Labute approximate surface area is 175 Å². The number of amides is 2. The number of aryl methyl sites for hydroxylation is 4. The third-order valence-corrected chi connectivity index (χ3v) is 4.97. The van der Waals surface area contributed by atoms with Crippen LogP contribution >= 0.6 is 11.8 Å². The number of carbonyl (C=O) groups excluding carboxylic acids is 3. The largest absolute Gasteiger partial charge is 0.455 e. The molecular weight excluding hydrogens is 388 g/mol. The molecule has 7 heteroatoms. The Morgan fingerprint density at radius 1 is 0.862 bits per heavy atom. The number of benzene rings is 2. The highest BCUT2D eigenvalue weighted by Gasteiger charge is 2.12. The SMILES string of the molecule is Cc1cccc(NC(=O)CSCC(=O)OCC(=O)Nc2c(C)cc(C)cc2C)c1. The van der Waals surface area contributed by atoms with Crippen LogP contribution in [-0.2, 0) is 19.1 Å². The maximum Gasteiger partial charge on any atom is 0.316 e. The van der Waals surface area contributed by atoms with Gasteiger partial charge >= 0.3 is 5.97 Å². The van der Waals surface area contributed by atoms with Gasteiger partial charge in [-0.3, -0.25) is 14.4 Å². The molecule has 2 amide bonds. The fourth-order valence-electron chi connectivity index (χ4n) is 2.89. The van der Waals surface area contributed by atoms with Gasteiger partial charge in [0.15, 0.2) is 6.61 Å². The number of ether oxygens (including phenoxy) is 1. The molecule has 0 fully saturated rings. The first-order valence-electron chi connectivity index (χ1n) is 9.22. The van der Waals surface area contributed by atoms with Crippen molar-refractivity contribution >= 4 is 40.9 Å². The molecule has 0 saturated carbocycles. The van der Waals surface area contributed by atoms with Gasteiger partial charge in [0, 0.05) is 11.4 Å². The van der Waals surface area contributed by atoms with Crippen molar-refractivity contribution in [1.29, 1.82) is 0 Å². The van der Waals surface area contributed by atoms with E-state index in [1.165, 1.54) is 0 Å². The second-order valence-corrected chi connectivity index (χ2v) is 7.88. The molecule has 0 atom stereocenters. The Hall–Kier alpha value is -2.80. The number of anilines is 2. The van der Waals surface area contributed by atoms with E-state index in [4.69, 9.17) is 4.74 Å². The minimum absolute atomic E-state index is 0.00287. The standard InChI is InChI=1S/C22H26N2O4S/c1-14-6-5-7-18(10-14)23-20(26)12-29-13-21(27)28-11-19(25)24-22-16(3)8-15(2)9-17(22)4/h5-10H,11-13H2,1-4H3,(H,23,26)(H,24,25). The molecule has 0 aliphatic carbocycles. The van der Waals surface area contributed by atoms with E-state index in [0.29, 0.717) is 0 Å². The average molecular weight is 415 g/mol. The Morgan fingerprint density at radius 3 is 2.21 bits per heavy atom. The molecule has 2 aromatic rings. The Kier molecular flexibility index (Phi) is 8.27. The van der Waals surface area contributed by atoms with Crippen molar-refractivity contribution in [2.75, 3.05) is 28.7 Å². The molecule has 29 heavy (non-hydrogen) atoms. The van der Waals surface area contributed by atoms with Gasteiger partial charge in [-0.25, -0.2) is 0 Å². The summed E-state index contributed by atoms with van der Waals surface area (Å²) in [5.41, 5.74) is 5.53. The minimum Gasteiger partial charge on any atom is -0.455 e. The van der Waals surface area contributed by atoms with Crippen LogP contribution in [0.5, 0.6) is 0 Å². The Bertz CT molecular complexity index is 888. The summed E-state index contributed by atoms with van der Waals surface area (Å²) in [6, 6.07) is 11.4. The number of esters is 1. The van der Waals surface area contributed by atoms with E-state index in [1.54, 1.807) is 6.07 Å². The number of rotatable bonds is 8. The smallest absolute Gasteiger partial charge is 0.316 e. The maximum atomic E-state index is 12.1. The molecule has 154 valence electrons. The first-order chi connectivity index (χ1) is 13.7. The third-order valence-electron chi connectivity index (χ3n) is 4.06. The van der Waals surface area contributed by atoms with E-state index in [0.717, 1.165) is 45.4 Å². The molecule has 0 aliphatic heterocycles. The van der Waals surface area contributed by atoms with Crippen LogP contribution < -0.4 is 10.6 Å². The second kappa shape index (κ2) is 10.7. The summed E-state index contributed by atoms with van der Waals surface area (Å²) in [6.07, 6.45) is 0. The lowest BCUT2D eigenvalue weighted by molar-refractivity contribution is -0.144. The summed E-state index contributed by atoms with van der Waals surface area (Å²) in [4.78, 5) is 35.8. The van der Waals surface area contributed by atoms with Gasteiger partial charge in [-0.05, 0) is 56.5 Å². The molecule has 2 aromatic carbocycles. The fraction of sp³-hybridized carbons (Fsp3) is 0.318. The fourth-order valence-corrected chi connectivity index (χ4v) is 3.50. The molecule has 0 saturated heterocycles. The molecule has 0 spiro atoms. The van der Waals surface area contributed by atoms with E-state index in [2.05, 4.69) is 10.6 Å². The predicted octanol–water partition coefficient (Wildman–Crippen LogP) is 3.77. The predicted molar refractivity (Wildman–Crippen MR) is 117 cm³/mol. The van der Waals surface area contributed by atoms with Crippen molar-refractivity contribution in [3.63, 3.8) is 0 Å². The number of carbonyl (C=O) groups is 3. The minimum atomic E-state index is -0.536.